The highest BCUT2D eigenvalue weighted by Gasteiger charge is 2.47. The average molecular weight is 872 g/mol. The predicted molar refractivity (Wildman–Crippen MR) is 286 cm³/mol. The third-order valence-electron chi connectivity index (χ3n) is 14.8. The van der Waals surface area contributed by atoms with E-state index in [1.54, 1.807) is 0 Å². The first kappa shape index (κ1) is 41.4. The zero-order chi connectivity index (χ0) is 45.3. The normalized spacial score (nSPS) is 13.9. The van der Waals surface area contributed by atoms with Crippen LogP contribution >= 0.6 is 0 Å². The summed E-state index contributed by atoms with van der Waals surface area (Å²) in [7, 11) is 0. The Morgan fingerprint density at radius 1 is 0.309 bits per heavy atom. The molecule has 10 aromatic carbocycles. The second kappa shape index (κ2) is 18.0. The summed E-state index contributed by atoms with van der Waals surface area (Å²) in [6.07, 6.45) is 6.52. The van der Waals surface area contributed by atoms with Crippen LogP contribution in [0.1, 0.15) is 65.8 Å². The second-order valence-corrected chi connectivity index (χ2v) is 18.6. The van der Waals surface area contributed by atoms with E-state index < -0.39 is 5.41 Å². The van der Waals surface area contributed by atoms with Gasteiger partial charge in [-0.05, 0) is 133 Å². The fourth-order valence-corrected chi connectivity index (χ4v) is 11.6. The Kier molecular flexibility index (Phi) is 11.0. The molecule has 10 aromatic rings. The molecule has 0 radical (unpaired) electrons. The molecule has 0 bridgehead atoms. The van der Waals surface area contributed by atoms with Crippen LogP contribution in [0.15, 0.2) is 255 Å². The number of nitrogens with zero attached hydrogens (tertiary/aromatic N) is 1. The smallest absolute Gasteiger partial charge is 0.0714 e. The summed E-state index contributed by atoms with van der Waals surface area (Å²) in [4.78, 5) is 2.53. The van der Waals surface area contributed by atoms with Crippen LogP contribution in [0.2, 0.25) is 0 Å². The number of hydrogen-bond acceptors (Lipinski definition) is 1. The maximum atomic E-state index is 2.54. The summed E-state index contributed by atoms with van der Waals surface area (Å²) in [6.45, 7) is 0. The zero-order valence-electron chi connectivity index (χ0n) is 38.3. The van der Waals surface area contributed by atoms with Crippen molar-refractivity contribution in [3.8, 4) is 55.6 Å². The van der Waals surface area contributed by atoms with Crippen LogP contribution in [-0.4, -0.2) is 0 Å². The van der Waals surface area contributed by atoms with Crippen LogP contribution in [0.4, 0.5) is 17.1 Å². The number of rotatable bonds is 10. The van der Waals surface area contributed by atoms with Crippen molar-refractivity contribution >= 4 is 17.1 Å². The Bertz CT molecular complexity index is 3290. The van der Waals surface area contributed by atoms with Crippen LogP contribution in [-0.2, 0) is 5.41 Å². The van der Waals surface area contributed by atoms with Gasteiger partial charge in [-0.25, -0.2) is 0 Å². The molecule has 0 aromatic heterocycles. The number of benzene rings is 10. The van der Waals surface area contributed by atoms with Crippen molar-refractivity contribution < 1.29 is 0 Å². The van der Waals surface area contributed by atoms with Gasteiger partial charge in [-0.15, -0.1) is 0 Å². The summed E-state index contributed by atoms with van der Waals surface area (Å²) < 4.78 is 0. The third kappa shape index (κ3) is 7.27. The third-order valence-corrected chi connectivity index (χ3v) is 14.8. The summed E-state index contributed by atoms with van der Waals surface area (Å²) in [6, 6.07) is 94.8. The van der Waals surface area contributed by atoms with Gasteiger partial charge in [0.2, 0.25) is 0 Å². The number of hydrogen-bond donors (Lipinski definition) is 0. The van der Waals surface area contributed by atoms with Gasteiger partial charge in [0, 0.05) is 16.9 Å². The van der Waals surface area contributed by atoms with E-state index in [4.69, 9.17) is 0 Å². The average Bonchev–Trinajstić information content (AvgIpc) is 3.72. The molecule has 0 spiro atoms. The van der Waals surface area contributed by atoms with Gasteiger partial charge in [0.25, 0.3) is 0 Å². The van der Waals surface area contributed by atoms with E-state index in [9.17, 15) is 0 Å². The van der Waals surface area contributed by atoms with E-state index in [2.05, 4.69) is 260 Å². The molecule has 0 saturated heterocycles. The van der Waals surface area contributed by atoms with Gasteiger partial charge >= 0.3 is 0 Å². The fourth-order valence-electron chi connectivity index (χ4n) is 11.6. The topological polar surface area (TPSA) is 3.24 Å². The summed E-state index contributed by atoms with van der Waals surface area (Å²) in [5.74, 6) is 0.619. The van der Waals surface area contributed by atoms with Gasteiger partial charge in [0.1, 0.15) is 0 Å². The first-order valence-electron chi connectivity index (χ1n) is 24.4. The van der Waals surface area contributed by atoms with Gasteiger partial charge in [0.15, 0.2) is 0 Å². The highest BCUT2D eigenvalue weighted by atomic mass is 15.1. The minimum atomic E-state index is -0.543. The molecule has 2 aliphatic rings. The van der Waals surface area contributed by atoms with E-state index in [1.165, 1.54) is 116 Å². The van der Waals surface area contributed by atoms with E-state index >= 15 is 0 Å². The fraction of sp³-hybridized carbons (Fsp3) is 0.104. The Hall–Kier alpha value is -8.00. The number of fused-ring (bicyclic) bond motifs is 3. The molecule has 0 aliphatic heterocycles. The molecule has 68 heavy (non-hydrogen) atoms. The second-order valence-electron chi connectivity index (χ2n) is 18.6. The number of anilines is 3. The molecule has 0 heterocycles. The molecule has 1 nitrogen and oxygen atoms in total. The Labute approximate surface area is 401 Å². The quantitative estimate of drug-likeness (QED) is 0.132. The maximum absolute atomic E-state index is 2.54. The monoisotopic (exact) mass is 871 g/mol. The minimum Gasteiger partial charge on any atom is -0.310 e. The van der Waals surface area contributed by atoms with E-state index in [-0.39, 0.29) is 0 Å². The molecule has 2 aliphatic carbocycles. The van der Waals surface area contributed by atoms with Gasteiger partial charge in [0.05, 0.1) is 11.1 Å². The lowest BCUT2D eigenvalue weighted by atomic mass is 9.67. The van der Waals surface area contributed by atoms with Crippen molar-refractivity contribution in [3.63, 3.8) is 0 Å². The maximum Gasteiger partial charge on any atom is 0.0714 e. The van der Waals surface area contributed by atoms with Gasteiger partial charge < -0.3 is 4.90 Å². The molecule has 0 atom stereocenters. The largest absolute Gasteiger partial charge is 0.310 e. The van der Waals surface area contributed by atoms with Crippen molar-refractivity contribution in [3.05, 3.63) is 283 Å². The van der Waals surface area contributed by atoms with Gasteiger partial charge in [-0.2, -0.15) is 0 Å². The van der Waals surface area contributed by atoms with E-state index in [0.717, 1.165) is 17.1 Å². The van der Waals surface area contributed by atoms with Crippen molar-refractivity contribution in [1.82, 2.24) is 0 Å². The summed E-state index contributed by atoms with van der Waals surface area (Å²) in [5, 5.41) is 0. The van der Waals surface area contributed by atoms with Crippen molar-refractivity contribution in [2.45, 2.75) is 43.4 Å². The highest BCUT2D eigenvalue weighted by molar-refractivity contribution is 5.97. The van der Waals surface area contributed by atoms with Crippen molar-refractivity contribution in [1.29, 1.82) is 0 Å². The van der Waals surface area contributed by atoms with Crippen LogP contribution in [0.25, 0.3) is 55.6 Å². The minimum absolute atomic E-state index is 0.543. The Morgan fingerprint density at radius 3 is 1.28 bits per heavy atom. The van der Waals surface area contributed by atoms with E-state index in [1.807, 2.05) is 0 Å². The SMILES string of the molecule is c1ccc(-c2ccccc2-c2ccccc2-c2ccc(N(c3ccc(C4CCCCC4)cc3)c3cc4c(cc3-c3ccccc3)-c3ccccc3C4(c3ccccc3)c3ccccc3)cc2)cc1. The summed E-state index contributed by atoms with van der Waals surface area (Å²) in [5.41, 5.74) is 21.6. The Morgan fingerprint density at radius 2 is 0.735 bits per heavy atom. The molecule has 326 valence electrons. The predicted octanol–water partition coefficient (Wildman–Crippen LogP) is 18.2. The zero-order valence-corrected chi connectivity index (χ0v) is 38.3. The van der Waals surface area contributed by atoms with Gasteiger partial charge in [-0.1, -0.05) is 238 Å². The molecule has 1 heteroatoms. The Balaban J connectivity index is 1.08. The first-order chi connectivity index (χ1) is 33.8. The van der Waals surface area contributed by atoms with E-state index in [0.29, 0.717) is 5.92 Å². The van der Waals surface area contributed by atoms with Crippen LogP contribution in [0.3, 0.4) is 0 Å². The molecule has 12 rings (SSSR count). The van der Waals surface area contributed by atoms with Crippen LogP contribution in [0.5, 0.6) is 0 Å². The van der Waals surface area contributed by atoms with Crippen molar-refractivity contribution in [2.24, 2.45) is 0 Å². The van der Waals surface area contributed by atoms with Gasteiger partial charge in [-0.3, -0.25) is 0 Å². The molecule has 1 saturated carbocycles. The standard InChI is InChI=1S/C67H53N/c1-6-22-48(23-7-1)49-38-42-55(43-39-49)68(56-44-40-52(41-45-56)58-33-17-19-35-60(58)59-34-18-16-32-57(59)50-24-8-2-9-25-50)66-47-65-63(46-62(66)51-26-10-3-11-27-51)61-36-20-21-37-64(61)67(65,53-28-12-4-13-29-53)54-30-14-5-15-31-54/h2-5,8-21,24-48H,1,6-7,22-23H2. The molecule has 0 unspecified atom stereocenters. The highest BCUT2D eigenvalue weighted by Crippen LogP contribution is 2.59. The van der Waals surface area contributed by atoms with Crippen LogP contribution < -0.4 is 4.90 Å². The lowest BCUT2D eigenvalue weighted by molar-refractivity contribution is 0.443. The first-order valence-corrected chi connectivity index (χ1v) is 24.4. The molecule has 0 N–H and O–H groups in total. The lowest BCUT2D eigenvalue weighted by Gasteiger charge is -2.35. The van der Waals surface area contributed by atoms with Crippen molar-refractivity contribution in [2.75, 3.05) is 4.90 Å². The molecule has 0 amide bonds. The molecule has 1 fully saturated rings. The molecular weight excluding hydrogens is 819 g/mol. The molecular formula is C67H53N. The summed E-state index contributed by atoms with van der Waals surface area (Å²) >= 11 is 0. The van der Waals surface area contributed by atoms with Crippen LogP contribution in [0, 0.1) is 0 Å². The lowest BCUT2D eigenvalue weighted by Crippen LogP contribution is -2.28.